The van der Waals surface area contributed by atoms with Crippen molar-refractivity contribution in [1.82, 2.24) is 34.8 Å². The fourth-order valence-electron chi connectivity index (χ4n) is 5.45. The minimum Gasteiger partial charge on any atom is -0.389 e. The van der Waals surface area contributed by atoms with Gasteiger partial charge >= 0.3 is 0 Å². The molecule has 2 saturated carbocycles. The monoisotopic (exact) mass is 528 g/mol. The van der Waals surface area contributed by atoms with Crippen molar-refractivity contribution >= 4 is 45.7 Å². The molecule has 0 aliphatic heterocycles. The van der Waals surface area contributed by atoms with Crippen LogP contribution in [-0.4, -0.2) is 71.4 Å². The molecule has 0 unspecified atom stereocenters. The Morgan fingerprint density at radius 2 is 2.19 bits per heavy atom. The van der Waals surface area contributed by atoms with Crippen LogP contribution in [-0.2, 0) is 4.79 Å². The number of aliphatic hydroxyl groups is 2. The molecule has 0 bridgehead atoms. The van der Waals surface area contributed by atoms with E-state index in [-0.39, 0.29) is 11.8 Å². The van der Waals surface area contributed by atoms with Crippen LogP contribution < -0.4 is 10.6 Å². The number of carbonyl (C=O) groups is 1. The van der Waals surface area contributed by atoms with Crippen molar-refractivity contribution in [3.8, 4) is 16.4 Å². The van der Waals surface area contributed by atoms with Gasteiger partial charge < -0.3 is 25.4 Å². The molecule has 188 valence electrons. The van der Waals surface area contributed by atoms with Gasteiger partial charge in [-0.15, -0.1) is 16.4 Å². The number of hydrogen-bond acceptors (Lipinski definition) is 9. The molecule has 5 atom stereocenters. The van der Waals surface area contributed by atoms with Crippen molar-refractivity contribution in [2.75, 3.05) is 18.9 Å². The molecular weight excluding hydrogens is 504 g/mol. The van der Waals surface area contributed by atoms with Crippen LogP contribution in [0.5, 0.6) is 0 Å². The number of halogens is 1. The highest BCUT2D eigenvalue weighted by atomic mass is 35.5. The van der Waals surface area contributed by atoms with Crippen molar-refractivity contribution in [1.29, 1.82) is 0 Å². The molecule has 4 aromatic rings. The Morgan fingerprint density at radius 1 is 1.36 bits per heavy atom. The zero-order valence-electron chi connectivity index (χ0n) is 19.6. The van der Waals surface area contributed by atoms with Crippen LogP contribution in [0.4, 0.5) is 5.69 Å². The lowest BCUT2D eigenvalue weighted by atomic mass is 9.98. The minimum atomic E-state index is -1.17. The summed E-state index contributed by atoms with van der Waals surface area (Å²) in [7, 11) is 1.54. The van der Waals surface area contributed by atoms with E-state index in [9.17, 15) is 15.0 Å². The second-order valence-electron chi connectivity index (χ2n) is 9.29. The number of imidazole rings is 1. The summed E-state index contributed by atoms with van der Waals surface area (Å²) in [6.45, 7) is 2.80. The van der Waals surface area contributed by atoms with E-state index in [1.807, 2.05) is 18.2 Å². The predicted molar refractivity (Wildman–Crippen MR) is 135 cm³/mol. The van der Waals surface area contributed by atoms with Gasteiger partial charge in [0, 0.05) is 25.6 Å². The third kappa shape index (κ3) is 3.35. The van der Waals surface area contributed by atoms with Crippen molar-refractivity contribution in [3.05, 3.63) is 35.1 Å². The Bertz CT molecular complexity index is 1470. The minimum absolute atomic E-state index is 0.223. The van der Waals surface area contributed by atoms with E-state index in [0.29, 0.717) is 33.4 Å². The summed E-state index contributed by atoms with van der Waals surface area (Å²) < 4.78 is 4.03. The maximum absolute atomic E-state index is 12.6. The summed E-state index contributed by atoms with van der Waals surface area (Å²) in [5, 5.41) is 36.4. The molecule has 13 heteroatoms. The van der Waals surface area contributed by atoms with Crippen LogP contribution in [0.1, 0.15) is 25.8 Å². The summed E-state index contributed by atoms with van der Waals surface area (Å²) in [6, 6.07) is 5.03. The Morgan fingerprint density at radius 3 is 2.92 bits per heavy atom. The average Bonchev–Trinajstić information content (AvgIpc) is 3.28. The molecule has 0 spiro atoms. The number of aromatic nitrogens is 6. The molecule has 0 saturated heterocycles. The lowest BCUT2D eigenvalue weighted by Gasteiger charge is -2.23. The fraction of sp³-hybridized carbons (Fsp3) is 0.435. The van der Waals surface area contributed by atoms with E-state index in [0.717, 1.165) is 23.5 Å². The largest absolute Gasteiger partial charge is 0.389 e. The van der Waals surface area contributed by atoms with E-state index >= 15 is 0 Å². The van der Waals surface area contributed by atoms with Gasteiger partial charge in [-0.2, -0.15) is 0 Å². The number of nitrogens with one attached hydrogen (secondary N) is 2. The molecule has 6 rings (SSSR count). The number of nitrogens with zero attached hydrogens (tertiary/aromatic N) is 6. The normalized spacial score (nSPS) is 26.8. The van der Waals surface area contributed by atoms with E-state index in [1.54, 1.807) is 28.8 Å². The van der Waals surface area contributed by atoms with Crippen LogP contribution in [0, 0.1) is 11.3 Å². The van der Waals surface area contributed by atoms with Gasteiger partial charge in [-0.25, -0.2) is 14.6 Å². The Kier molecular flexibility index (Phi) is 5.52. The zero-order valence-corrected chi connectivity index (χ0v) is 21.2. The van der Waals surface area contributed by atoms with Crippen LogP contribution in [0.3, 0.4) is 0 Å². The summed E-state index contributed by atoms with van der Waals surface area (Å²) in [4.78, 5) is 22.9. The van der Waals surface area contributed by atoms with Gasteiger partial charge in [0.1, 0.15) is 17.3 Å². The Balaban J connectivity index is 1.44. The molecule has 2 aliphatic rings. The van der Waals surface area contributed by atoms with Crippen LogP contribution in [0.15, 0.2) is 30.7 Å². The molecule has 4 N–H and O–H groups in total. The van der Waals surface area contributed by atoms with E-state index in [4.69, 9.17) is 16.6 Å². The van der Waals surface area contributed by atoms with Gasteiger partial charge in [-0.1, -0.05) is 23.7 Å². The highest BCUT2D eigenvalue weighted by Gasteiger charge is 2.75. The molecular formula is C23H25ClN8O3S. The highest BCUT2D eigenvalue weighted by molar-refractivity contribution is 7.19. The number of hydrogen-bond donors (Lipinski definition) is 4. The molecule has 1 amide bonds. The molecule has 0 aromatic carbocycles. The number of aliphatic hydroxyl groups excluding tert-OH is 2. The van der Waals surface area contributed by atoms with Crippen LogP contribution in [0.2, 0.25) is 4.34 Å². The van der Waals surface area contributed by atoms with E-state index in [1.165, 1.54) is 11.3 Å². The molecule has 0 radical (unpaired) electrons. The van der Waals surface area contributed by atoms with Gasteiger partial charge in [-0.05, 0) is 25.0 Å². The van der Waals surface area contributed by atoms with Gasteiger partial charge in [0.2, 0.25) is 5.91 Å². The maximum Gasteiger partial charge on any atom is 0.229 e. The molecule has 36 heavy (non-hydrogen) atoms. The average molecular weight is 529 g/mol. The smallest absolute Gasteiger partial charge is 0.229 e. The standard InChI is InChI=1S/C23H25ClN8O3S/c1-3-6-26-12-7-16(32-9-13(29-30-32)14-4-5-15(24)36-14)28-21-17(12)27-10-31(21)18-11-8-23(11,22(35)25-2)20(34)19(18)33/h4-5,7,9-11,18-20,33-34H,3,6,8H2,1-2H3,(H,25,35)(H,26,28)/t11-,18-,19+,20+,23+/m1/s1. The first-order valence-corrected chi connectivity index (χ1v) is 13.0. The number of thiophene rings is 1. The Hall–Kier alpha value is -3.06. The molecule has 11 nitrogen and oxygen atoms in total. The van der Waals surface area contributed by atoms with E-state index in [2.05, 4.69) is 32.9 Å². The van der Waals surface area contributed by atoms with Crippen molar-refractivity contribution in [3.63, 3.8) is 0 Å². The fourth-order valence-corrected chi connectivity index (χ4v) is 6.44. The zero-order chi connectivity index (χ0) is 25.2. The van der Waals surface area contributed by atoms with Gasteiger partial charge in [-0.3, -0.25) is 4.79 Å². The Labute approximate surface area is 215 Å². The summed E-state index contributed by atoms with van der Waals surface area (Å²) in [6.07, 6.45) is 2.52. The quantitative estimate of drug-likeness (QED) is 0.286. The molecule has 2 aliphatic carbocycles. The molecule has 4 aromatic heterocycles. The van der Waals surface area contributed by atoms with Crippen molar-refractivity contribution in [2.45, 2.75) is 38.0 Å². The lowest BCUT2D eigenvalue weighted by Crippen LogP contribution is -2.41. The number of fused-ring (bicyclic) bond motifs is 2. The highest BCUT2D eigenvalue weighted by Crippen LogP contribution is 2.67. The number of carbonyl (C=O) groups excluding carboxylic acids is 1. The summed E-state index contributed by atoms with van der Waals surface area (Å²) >= 11 is 7.50. The van der Waals surface area contributed by atoms with Crippen LogP contribution >= 0.6 is 22.9 Å². The van der Waals surface area contributed by atoms with Gasteiger partial charge in [0.05, 0.1) is 45.0 Å². The SMILES string of the molecule is CCCNc1cc(-n2cc(-c3ccc(Cl)s3)nn2)nc2c1ncn2[C@H]1[C@H](O)[C@H](O)[C@]2(C(=O)NC)C[C@H]12. The number of anilines is 1. The topological polar surface area (TPSA) is 143 Å². The predicted octanol–water partition coefficient (Wildman–Crippen LogP) is 2.24. The third-order valence-electron chi connectivity index (χ3n) is 7.28. The number of pyridine rings is 1. The molecule has 4 heterocycles. The number of rotatable bonds is 7. The second-order valence-corrected chi connectivity index (χ2v) is 11.0. The van der Waals surface area contributed by atoms with Crippen LogP contribution in [0.25, 0.3) is 27.6 Å². The van der Waals surface area contributed by atoms with E-state index < -0.39 is 23.7 Å². The maximum atomic E-state index is 12.6. The first-order chi connectivity index (χ1) is 17.4. The molecule has 2 fully saturated rings. The van der Waals surface area contributed by atoms with Gasteiger partial charge in [0.15, 0.2) is 11.5 Å². The summed E-state index contributed by atoms with van der Waals surface area (Å²) in [5.41, 5.74) is 1.62. The number of amides is 1. The first kappa shape index (κ1) is 23.3. The first-order valence-electron chi connectivity index (χ1n) is 11.8. The third-order valence-corrected chi connectivity index (χ3v) is 8.53. The van der Waals surface area contributed by atoms with Crippen molar-refractivity contribution < 1.29 is 15.0 Å². The second kappa shape index (κ2) is 8.51. The van der Waals surface area contributed by atoms with Crippen molar-refractivity contribution in [2.24, 2.45) is 11.3 Å². The lowest BCUT2D eigenvalue weighted by molar-refractivity contribution is -0.132. The van der Waals surface area contributed by atoms with Gasteiger partial charge in [0.25, 0.3) is 0 Å². The summed E-state index contributed by atoms with van der Waals surface area (Å²) in [5.74, 6) is 0.0401.